The van der Waals surface area contributed by atoms with E-state index >= 15 is 0 Å². The van der Waals surface area contributed by atoms with Gasteiger partial charge in [-0.15, -0.1) is 0 Å². The molecule has 1 amide bonds. The summed E-state index contributed by atoms with van der Waals surface area (Å²) in [7, 11) is -3.49. The zero-order valence-corrected chi connectivity index (χ0v) is 15.1. The van der Waals surface area contributed by atoms with Gasteiger partial charge >= 0.3 is 12.1 Å². The first-order valence-electron chi connectivity index (χ1n) is 7.94. The SMILES string of the molecule is CC(C)(C)OC(=O)N1CCCC(C(=O)O)(C2(O)CCS(=O)(=O)C2)C1. The molecule has 9 heteroatoms. The molecule has 0 aromatic rings. The number of rotatable bonds is 2. The highest BCUT2D eigenvalue weighted by atomic mass is 32.2. The Morgan fingerprint density at radius 1 is 1.21 bits per heavy atom. The van der Waals surface area contributed by atoms with Gasteiger partial charge in [0.25, 0.3) is 0 Å². The summed E-state index contributed by atoms with van der Waals surface area (Å²) in [5, 5.41) is 20.6. The van der Waals surface area contributed by atoms with Crippen LogP contribution in [0, 0.1) is 5.41 Å². The van der Waals surface area contributed by atoms with Crippen LogP contribution in [0.1, 0.15) is 40.0 Å². The molecule has 2 saturated heterocycles. The minimum Gasteiger partial charge on any atom is -0.481 e. The Morgan fingerprint density at radius 2 is 1.83 bits per heavy atom. The molecule has 0 spiro atoms. The molecular weight excluding hydrogens is 338 g/mol. The van der Waals surface area contributed by atoms with Gasteiger partial charge in [-0.2, -0.15) is 0 Å². The highest BCUT2D eigenvalue weighted by molar-refractivity contribution is 7.91. The fraction of sp³-hybridized carbons (Fsp3) is 0.867. The van der Waals surface area contributed by atoms with E-state index in [0.29, 0.717) is 13.0 Å². The Balaban J connectivity index is 2.30. The average Bonchev–Trinajstić information content (AvgIpc) is 2.72. The van der Waals surface area contributed by atoms with E-state index in [1.54, 1.807) is 20.8 Å². The Morgan fingerprint density at radius 3 is 2.29 bits per heavy atom. The van der Waals surface area contributed by atoms with Crippen LogP contribution in [0.4, 0.5) is 4.79 Å². The summed E-state index contributed by atoms with van der Waals surface area (Å²) in [4.78, 5) is 25.5. The van der Waals surface area contributed by atoms with Gasteiger partial charge in [-0.25, -0.2) is 13.2 Å². The molecule has 138 valence electrons. The molecule has 8 nitrogen and oxygen atoms in total. The molecule has 24 heavy (non-hydrogen) atoms. The smallest absolute Gasteiger partial charge is 0.410 e. The number of carboxylic acids is 1. The Labute approximate surface area is 141 Å². The van der Waals surface area contributed by atoms with E-state index in [0.717, 1.165) is 0 Å². The first kappa shape index (κ1) is 19.0. The van der Waals surface area contributed by atoms with Crippen LogP contribution in [0.5, 0.6) is 0 Å². The van der Waals surface area contributed by atoms with Crippen molar-refractivity contribution < 1.29 is 33.0 Å². The molecular formula is C15H25NO7S. The summed E-state index contributed by atoms with van der Waals surface area (Å²) in [6.45, 7) is 5.17. The largest absolute Gasteiger partial charge is 0.481 e. The number of piperidine rings is 1. The van der Waals surface area contributed by atoms with Crippen LogP contribution >= 0.6 is 0 Å². The molecule has 2 aliphatic rings. The second-order valence-electron chi connectivity index (χ2n) is 7.77. The van der Waals surface area contributed by atoms with E-state index in [1.807, 2.05) is 0 Å². The molecule has 0 aromatic carbocycles. The number of hydrogen-bond donors (Lipinski definition) is 2. The standard InChI is InChI=1S/C15H25NO7S/c1-13(2,3)23-12(19)16-7-4-5-14(9-16,11(17)18)15(20)6-8-24(21,22)10-15/h20H,4-10H2,1-3H3,(H,17,18). The highest BCUT2D eigenvalue weighted by Crippen LogP contribution is 2.46. The molecule has 2 rings (SSSR count). The number of carboxylic acid groups (broad SMARTS) is 1. The molecule has 2 atom stereocenters. The fourth-order valence-electron chi connectivity index (χ4n) is 3.50. The summed E-state index contributed by atoms with van der Waals surface area (Å²) in [6.07, 6.45) is -0.317. The number of carbonyl (C=O) groups is 2. The summed E-state index contributed by atoms with van der Waals surface area (Å²) < 4.78 is 28.9. The highest BCUT2D eigenvalue weighted by Gasteiger charge is 2.62. The summed E-state index contributed by atoms with van der Waals surface area (Å²) in [6, 6.07) is 0. The van der Waals surface area contributed by atoms with Crippen molar-refractivity contribution in [2.24, 2.45) is 5.41 Å². The van der Waals surface area contributed by atoms with E-state index in [2.05, 4.69) is 0 Å². The molecule has 2 unspecified atom stereocenters. The molecule has 2 heterocycles. The number of ether oxygens (including phenoxy) is 1. The topological polar surface area (TPSA) is 121 Å². The number of aliphatic carboxylic acids is 1. The van der Waals surface area contributed by atoms with Crippen molar-refractivity contribution in [2.75, 3.05) is 24.6 Å². The second kappa shape index (κ2) is 5.87. The van der Waals surface area contributed by atoms with Gasteiger partial charge in [0.05, 0.1) is 17.1 Å². The van der Waals surface area contributed by atoms with Crippen LogP contribution in [0.15, 0.2) is 0 Å². The van der Waals surface area contributed by atoms with E-state index in [4.69, 9.17) is 4.74 Å². The number of likely N-dealkylation sites (tertiary alicyclic amines) is 1. The molecule has 0 aliphatic carbocycles. The van der Waals surface area contributed by atoms with Gasteiger partial charge in [0.15, 0.2) is 9.84 Å². The summed E-state index contributed by atoms with van der Waals surface area (Å²) in [5.41, 5.74) is -4.31. The van der Waals surface area contributed by atoms with Crippen molar-refractivity contribution in [3.8, 4) is 0 Å². The maximum atomic E-state index is 12.3. The lowest BCUT2D eigenvalue weighted by atomic mass is 9.66. The van der Waals surface area contributed by atoms with E-state index in [-0.39, 0.29) is 25.1 Å². The van der Waals surface area contributed by atoms with Crippen molar-refractivity contribution in [1.82, 2.24) is 4.90 Å². The third kappa shape index (κ3) is 3.51. The van der Waals surface area contributed by atoms with Gasteiger partial charge in [0.1, 0.15) is 11.0 Å². The number of sulfone groups is 1. The average molecular weight is 363 g/mol. The van der Waals surface area contributed by atoms with E-state index in [9.17, 15) is 28.2 Å². The summed E-state index contributed by atoms with van der Waals surface area (Å²) >= 11 is 0. The molecule has 0 radical (unpaired) electrons. The van der Waals surface area contributed by atoms with Crippen molar-refractivity contribution in [3.63, 3.8) is 0 Å². The van der Waals surface area contributed by atoms with Gasteiger partial charge in [0.2, 0.25) is 0 Å². The van der Waals surface area contributed by atoms with E-state index in [1.165, 1.54) is 4.90 Å². The number of hydrogen-bond acceptors (Lipinski definition) is 6. The Kier molecular flexibility index (Phi) is 4.64. The minimum absolute atomic E-state index is 0.119. The van der Waals surface area contributed by atoms with Gasteiger partial charge in [-0.3, -0.25) is 4.79 Å². The van der Waals surface area contributed by atoms with Crippen LogP contribution in [-0.4, -0.2) is 71.4 Å². The lowest BCUT2D eigenvalue weighted by Crippen LogP contribution is -2.62. The van der Waals surface area contributed by atoms with Crippen molar-refractivity contribution in [1.29, 1.82) is 0 Å². The Hall–Kier alpha value is -1.35. The lowest BCUT2D eigenvalue weighted by Gasteiger charge is -2.47. The quantitative estimate of drug-likeness (QED) is 0.738. The van der Waals surface area contributed by atoms with E-state index < -0.39 is 44.3 Å². The van der Waals surface area contributed by atoms with Crippen LogP contribution in [-0.2, 0) is 19.4 Å². The normalized spacial score (nSPS) is 33.2. The monoisotopic (exact) mass is 363 g/mol. The van der Waals surface area contributed by atoms with Crippen LogP contribution in [0.3, 0.4) is 0 Å². The van der Waals surface area contributed by atoms with Gasteiger partial charge in [-0.1, -0.05) is 0 Å². The van der Waals surface area contributed by atoms with Gasteiger partial charge in [0, 0.05) is 13.1 Å². The number of nitrogens with zero attached hydrogens (tertiary/aromatic N) is 1. The zero-order chi connectivity index (χ0) is 18.4. The van der Waals surface area contributed by atoms with Crippen molar-refractivity contribution in [2.45, 2.75) is 51.2 Å². The lowest BCUT2D eigenvalue weighted by molar-refractivity contribution is -0.173. The first-order valence-corrected chi connectivity index (χ1v) is 9.77. The minimum atomic E-state index is -3.49. The maximum Gasteiger partial charge on any atom is 0.410 e. The maximum absolute atomic E-state index is 12.3. The van der Waals surface area contributed by atoms with Gasteiger partial charge in [-0.05, 0) is 40.0 Å². The molecule has 2 aliphatic heterocycles. The van der Waals surface area contributed by atoms with Crippen molar-refractivity contribution >= 4 is 21.9 Å². The second-order valence-corrected chi connectivity index (χ2v) is 9.95. The Bertz CT molecular complexity index is 639. The van der Waals surface area contributed by atoms with Crippen LogP contribution in [0.25, 0.3) is 0 Å². The fourth-order valence-corrected chi connectivity index (χ4v) is 5.44. The predicted octanol–water partition coefficient (Wildman–Crippen LogP) is 0.638. The third-order valence-electron chi connectivity index (χ3n) is 4.73. The molecule has 0 aromatic heterocycles. The van der Waals surface area contributed by atoms with Crippen LogP contribution < -0.4 is 0 Å². The zero-order valence-electron chi connectivity index (χ0n) is 14.2. The predicted molar refractivity (Wildman–Crippen MR) is 85.3 cm³/mol. The number of amides is 1. The van der Waals surface area contributed by atoms with Crippen LogP contribution in [0.2, 0.25) is 0 Å². The summed E-state index contributed by atoms with van der Waals surface area (Å²) in [5.74, 6) is -2.12. The number of aliphatic hydroxyl groups is 1. The first-order chi connectivity index (χ1) is 10.8. The molecule has 2 N–H and O–H groups in total. The molecule has 0 saturated carbocycles. The molecule has 0 bridgehead atoms. The van der Waals surface area contributed by atoms with Crippen molar-refractivity contribution in [3.05, 3.63) is 0 Å². The molecule has 2 fully saturated rings. The van der Waals surface area contributed by atoms with Gasteiger partial charge < -0.3 is 19.8 Å². The number of carbonyl (C=O) groups excluding carboxylic acids is 1. The third-order valence-corrected chi connectivity index (χ3v) is 6.47.